The number of hydrogen-bond acceptors (Lipinski definition) is 2. The van der Waals surface area contributed by atoms with Gasteiger partial charge >= 0.3 is 11.9 Å². The number of carbonyl (C=O) groups is 2. The van der Waals surface area contributed by atoms with E-state index in [1.165, 1.54) is 24.3 Å². The van der Waals surface area contributed by atoms with Gasteiger partial charge < -0.3 is 10.2 Å². The van der Waals surface area contributed by atoms with E-state index in [-0.39, 0.29) is 60.8 Å². The summed E-state index contributed by atoms with van der Waals surface area (Å²) in [6, 6.07) is 5.02. The molecule has 0 heterocycles. The summed E-state index contributed by atoms with van der Waals surface area (Å²) >= 11 is 0. The fourth-order valence-electron chi connectivity index (χ4n) is 0.755. The van der Waals surface area contributed by atoms with E-state index >= 15 is 0 Å². The monoisotopic (exact) mass is 310 g/mol. The van der Waals surface area contributed by atoms with Crippen LogP contribution in [0.2, 0.25) is 0 Å². The van der Waals surface area contributed by atoms with Crippen molar-refractivity contribution in [3.05, 3.63) is 35.4 Å². The van der Waals surface area contributed by atoms with Gasteiger partial charge in [-0.2, -0.15) is 0 Å². The van der Waals surface area contributed by atoms with E-state index in [0.717, 1.165) is 0 Å². The Morgan fingerprint density at radius 2 is 0.875 bits per heavy atom. The molecule has 0 aliphatic heterocycles. The lowest BCUT2D eigenvalue weighted by molar-refractivity contribution is 0.0681. The second-order valence-electron chi connectivity index (χ2n) is 2.19. The Kier molecular flexibility index (Phi) is 16.6. The highest BCUT2D eigenvalue weighted by Crippen LogP contribution is 2.03. The minimum atomic E-state index is -1.06. The zero-order chi connectivity index (χ0) is 9.14. The molecule has 0 aliphatic rings. The van der Waals surface area contributed by atoms with Gasteiger partial charge in [-0.05, 0) is 24.3 Å². The largest absolute Gasteiger partial charge is 0.478 e. The van der Waals surface area contributed by atoms with E-state index in [0.29, 0.717) is 0 Å². The van der Waals surface area contributed by atoms with Crippen LogP contribution in [0.1, 0.15) is 20.7 Å². The van der Waals surface area contributed by atoms with Crippen LogP contribution in [0.15, 0.2) is 24.3 Å². The summed E-state index contributed by atoms with van der Waals surface area (Å²) in [5, 5.41) is 16.9. The van der Waals surface area contributed by atoms with Crippen LogP contribution in [0.25, 0.3) is 0 Å². The van der Waals surface area contributed by atoms with Crippen LogP contribution in [0.3, 0.4) is 0 Å². The summed E-state index contributed by atoms with van der Waals surface area (Å²) in [5.74, 6) is -2.13. The van der Waals surface area contributed by atoms with E-state index in [1.807, 2.05) is 0 Å². The van der Waals surface area contributed by atoms with E-state index in [1.54, 1.807) is 0 Å². The number of benzene rings is 1. The first kappa shape index (κ1) is 24.5. The molecule has 0 bridgehead atoms. The van der Waals surface area contributed by atoms with Gasteiger partial charge in [0.05, 0.1) is 11.1 Å². The first-order valence-electron chi connectivity index (χ1n) is 3.18. The molecule has 0 atom stereocenters. The Balaban J connectivity index is -0.000000180. The summed E-state index contributed by atoms with van der Waals surface area (Å²) in [6.45, 7) is 0. The molecule has 8 heteroatoms. The maximum atomic E-state index is 10.3. The third-order valence-corrected chi connectivity index (χ3v) is 1.38. The van der Waals surface area contributed by atoms with Crippen LogP contribution in [-0.2, 0) is 0 Å². The molecule has 0 unspecified atom stereocenters. The Morgan fingerprint density at radius 1 is 0.688 bits per heavy atom. The van der Waals surface area contributed by atoms with Crippen LogP contribution in [0, 0.1) is 0 Å². The average Bonchev–Trinajstić information content (AvgIpc) is 2.04. The van der Waals surface area contributed by atoms with Crippen molar-refractivity contribution in [2.24, 2.45) is 0 Å². The second-order valence-corrected chi connectivity index (χ2v) is 2.19. The fraction of sp³-hybridized carbons (Fsp3) is 0. The standard InChI is InChI=1S/C8H6O4.4ClH/c9-7(10)5-1-2-6(4-3-5)8(11)12;;;;/h1-4H,(H,9,10)(H,11,12);4*1H. The number of aromatic carboxylic acids is 2. The number of halogens is 4. The van der Waals surface area contributed by atoms with Crippen molar-refractivity contribution in [1.82, 2.24) is 0 Å². The molecule has 4 nitrogen and oxygen atoms in total. The third-order valence-electron chi connectivity index (χ3n) is 1.38. The van der Waals surface area contributed by atoms with Gasteiger partial charge in [-0.3, -0.25) is 0 Å². The van der Waals surface area contributed by atoms with Crippen LogP contribution in [-0.4, -0.2) is 22.2 Å². The molecule has 0 saturated carbocycles. The molecule has 94 valence electrons. The second kappa shape index (κ2) is 10.8. The van der Waals surface area contributed by atoms with E-state index < -0.39 is 11.9 Å². The Labute approximate surface area is 117 Å². The Bertz CT molecular complexity index is 292. The summed E-state index contributed by atoms with van der Waals surface area (Å²) in [5.41, 5.74) is 0.167. The number of carboxylic acid groups (broad SMARTS) is 2. The molecule has 0 saturated heterocycles. The molecular weight excluding hydrogens is 302 g/mol. The molecule has 16 heavy (non-hydrogen) atoms. The van der Waals surface area contributed by atoms with Crippen LogP contribution in [0.4, 0.5) is 0 Å². The first-order valence-corrected chi connectivity index (χ1v) is 3.18. The molecule has 1 aromatic carbocycles. The van der Waals surface area contributed by atoms with Gasteiger partial charge in [0.1, 0.15) is 0 Å². The molecule has 0 aromatic heterocycles. The highest BCUT2D eigenvalue weighted by atomic mass is 35.5. The average molecular weight is 312 g/mol. The molecule has 0 fully saturated rings. The number of rotatable bonds is 2. The molecule has 0 amide bonds. The van der Waals surface area contributed by atoms with E-state index in [2.05, 4.69) is 0 Å². The predicted molar refractivity (Wildman–Crippen MR) is 69.4 cm³/mol. The predicted octanol–water partition coefficient (Wildman–Crippen LogP) is 2.77. The first-order chi connectivity index (χ1) is 5.61. The third kappa shape index (κ3) is 6.74. The van der Waals surface area contributed by atoms with Crippen LogP contribution >= 0.6 is 49.6 Å². The SMILES string of the molecule is Cl.Cl.Cl.Cl.O=C(O)c1ccc(C(=O)O)cc1. The Morgan fingerprint density at radius 3 is 1.00 bits per heavy atom. The van der Waals surface area contributed by atoms with Gasteiger partial charge in [-0.1, -0.05) is 0 Å². The van der Waals surface area contributed by atoms with Crippen LogP contribution in [0.5, 0.6) is 0 Å². The minimum absolute atomic E-state index is 0. The number of hydrogen-bond donors (Lipinski definition) is 2. The summed E-state index contributed by atoms with van der Waals surface area (Å²) in [6.07, 6.45) is 0. The molecule has 0 spiro atoms. The van der Waals surface area contributed by atoms with Crippen LogP contribution < -0.4 is 0 Å². The van der Waals surface area contributed by atoms with Crippen molar-refractivity contribution < 1.29 is 19.8 Å². The summed E-state index contributed by atoms with van der Waals surface area (Å²) in [7, 11) is 0. The fourth-order valence-corrected chi connectivity index (χ4v) is 0.755. The van der Waals surface area contributed by atoms with Crippen molar-refractivity contribution in [2.75, 3.05) is 0 Å². The quantitative estimate of drug-likeness (QED) is 0.880. The highest BCUT2D eigenvalue weighted by molar-refractivity contribution is 5.91. The molecular formula is C8H10Cl4O4. The normalized spacial score (nSPS) is 7.00. The van der Waals surface area contributed by atoms with Gasteiger partial charge in [-0.15, -0.1) is 49.6 Å². The molecule has 0 aliphatic carbocycles. The smallest absolute Gasteiger partial charge is 0.335 e. The molecule has 1 rings (SSSR count). The Hall–Kier alpha value is -0.680. The molecule has 0 radical (unpaired) electrons. The molecule has 1 aromatic rings. The molecule has 2 N–H and O–H groups in total. The lowest BCUT2D eigenvalue weighted by atomic mass is 10.1. The van der Waals surface area contributed by atoms with E-state index in [9.17, 15) is 9.59 Å². The zero-order valence-corrected chi connectivity index (χ0v) is 10.9. The van der Waals surface area contributed by atoms with Gasteiger partial charge in [0.15, 0.2) is 0 Å². The topological polar surface area (TPSA) is 74.6 Å². The van der Waals surface area contributed by atoms with Gasteiger partial charge in [0.2, 0.25) is 0 Å². The highest BCUT2D eigenvalue weighted by Gasteiger charge is 2.04. The lowest BCUT2D eigenvalue weighted by Crippen LogP contribution is -1.99. The van der Waals surface area contributed by atoms with Gasteiger partial charge in [0, 0.05) is 0 Å². The minimum Gasteiger partial charge on any atom is -0.478 e. The maximum absolute atomic E-state index is 10.3. The van der Waals surface area contributed by atoms with Crippen molar-refractivity contribution in [1.29, 1.82) is 0 Å². The summed E-state index contributed by atoms with van der Waals surface area (Å²) < 4.78 is 0. The van der Waals surface area contributed by atoms with Crippen molar-refractivity contribution in [3.8, 4) is 0 Å². The van der Waals surface area contributed by atoms with Gasteiger partial charge in [0.25, 0.3) is 0 Å². The van der Waals surface area contributed by atoms with Gasteiger partial charge in [-0.25, -0.2) is 9.59 Å². The van der Waals surface area contributed by atoms with Crippen molar-refractivity contribution >= 4 is 61.6 Å². The van der Waals surface area contributed by atoms with E-state index in [4.69, 9.17) is 10.2 Å². The van der Waals surface area contributed by atoms with Crippen molar-refractivity contribution in [2.45, 2.75) is 0 Å². The maximum Gasteiger partial charge on any atom is 0.335 e. The summed E-state index contributed by atoms with van der Waals surface area (Å²) in [4.78, 5) is 20.7. The van der Waals surface area contributed by atoms with Crippen molar-refractivity contribution in [3.63, 3.8) is 0 Å². The zero-order valence-electron chi connectivity index (χ0n) is 7.65. The lowest BCUT2D eigenvalue weighted by Gasteiger charge is -1.94. The number of carboxylic acids is 2.